The number of carbonyl (C=O) groups is 1. The molecule has 0 aromatic heterocycles. The van der Waals surface area contributed by atoms with Gasteiger partial charge >= 0.3 is 39.9 Å². The second kappa shape index (κ2) is 18.9. The van der Waals surface area contributed by atoms with Crippen molar-refractivity contribution in [3.05, 3.63) is 44.3 Å². The maximum absolute atomic E-state index is 10.9. The Hall–Kier alpha value is -1.43. The number of hydrogen-bond acceptors (Lipinski definition) is 5. The Balaban J connectivity index is -0.000000626. The van der Waals surface area contributed by atoms with E-state index in [9.17, 15) is 4.79 Å². The topological polar surface area (TPSA) is 116 Å². The van der Waals surface area contributed by atoms with Crippen molar-refractivity contribution >= 4 is 5.97 Å². The van der Waals surface area contributed by atoms with Gasteiger partial charge in [-0.3, -0.25) is 0 Å². The van der Waals surface area contributed by atoms with Gasteiger partial charge in [0.25, 0.3) is 0 Å². The number of hydrogen-bond donors (Lipinski definition) is 1. The largest absolute Gasteiger partial charge is 0 e. The normalized spacial score (nSPS) is 19.9. The molecular weight excluding hydrogens is 374 g/mol. The first-order valence-corrected chi connectivity index (χ1v) is 6.79. The molecule has 0 amide bonds. The van der Waals surface area contributed by atoms with Crippen LogP contribution in [0.2, 0.25) is 0 Å². The molecule has 25 heavy (non-hydrogen) atoms. The Bertz CT molecular complexity index is 451. The minimum Gasteiger partial charge on any atom is 0 e. The predicted octanol–water partition coefficient (Wildman–Crippen LogP) is 0.652. The van der Waals surface area contributed by atoms with Gasteiger partial charge in [0, 0.05) is 48.6 Å². The van der Waals surface area contributed by atoms with Crippen LogP contribution in [0.1, 0.15) is 12.8 Å². The summed E-state index contributed by atoms with van der Waals surface area (Å²) in [4.78, 5) is 10.9. The molecule has 2 heterocycles. The second-order valence-electron chi connectivity index (χ2n) is 4.39. The van der Waals surface area contributed by atoms with Crippen molar-refractivity contribution < 1.29 is 50.0 Å². The van der Waals surface area contributed by atoms with Gasteiger partial charge in [0.2, 0.25) is 0 Å². The maximum Gasteiger partial charge on any atom is 0 e. The molecule has 0 radical (unpaired) electrons. The molecule has 2 fully saturated rings. The number of ether oxygens (including phenoxy) is 3. The van der Waals surface area contributed by atoms with Crippen LogP contribution < -0.4 is 5.32 Å². The first-order chi connectivity index (χ1) is 11.7. The first kappa shape index (κ1) is 28.4. The standard InChI is InChI=1S/C13H19NO4.3CO.Fe/c1-16-12(15)5-3-2-4-11-10-13(6-7-14-11)17-8-9-18-13;3*1-2;/h2-5,11,14H,6-10H2,1H3;;;;/b4-2+,5-3+;;;;/t11-;;;;/m0..../s1. The van der Waals surface area contributed by atoms with Crippen LogP contribution in [0.4, 0.5) is 0 Å². The molecule has 2 aliphatic heterocycles. The number of carbonyl (C=O) groups excluding carboxylic acids is 1. The Morgan fingerprint density at radius 3 is 2.24 bits per heavy atom. The molecule has 0 bridgehead atoms. The van der Waals surface area contributed by atoms with E-state index in [0.717, 1.165) is 19.4 Å². The van der Waals surface area contributed by atoms with Crippen molar-refractivity contribution in [1.29, 1.82) is 0 Å². The van der Waals surface area contributed by atoms with Gasteiger partial charge in [-0.05, 0) is 0 Å². The number of rotatable bonds is 3. The van der Waals surface area contributed by atoms with E-state index in [0.29, 0.717) is 13.2 Å². The molecule has 2 rings (SSSR count). The van der Waals surface area contributed by atoms with E-state index in [1.807, 2.05) is 12.2 Å². The van der Waals surface area contributed by atoms with Gasteiger partial charge in [-0.25, -0.2) is 4.79 Å². The van der Waals surface area contributed by atoms with Crippen LogP contribution in [0.25, 0.3) is 0 Å². The zero-order valence-corrected chi connectivity index (χ0v) is 14.7. The summed E-state index contributed by atoms with van der Waals surface area (Å²) < 4.78 is 38.4. The summed E-state index contributed by atoms with van der Waals surface area (Å²) in [6.45, 7) is 15.7. The summed E-state index contributed by atoms with van der Waals surface area (Å²) in [7, 11) is 1.36. The number of piperidine rings is 1. The molecule has 0 aromatic carbocycles. The molecule has 0 saturated carbocycles. The summed E-state index contributed by atoms with van der Waals surface area (Å²) in [6, 6.07) is 0.208. The molecule has 2 saturated heterocycles. The zero-order chi connectivity index (χ0) is 18.8. The van der Waals surface area contributed by atoms with Crippen LogP contribution in [0.5, 0.6) is 0 Å². The minimum atomic E-state index is -0.397. The number of allylic oxidation sites excluding steroid dienone is 2. The van der Waals surface area contributed by atoms with Crippen molar-refractivity contribution in [2.45, 2.75) is 24.7 Å². The molecule has 8 nitrogen and oxygen atoms in total. The number of nitrogens with one attached hydrogen (secondary N) is 1. The summed E-state index contributed by atoms with van der Waals surface area (Å²) in [5.41, 5.74) is 0. The average molecular weight is 393 g/mol. The second-order valence-corrected chi connectivity index (χ2v) is 4.39. The van der Waals surface area contributed by atoms with E-state index in [2.05, 4.69) is 30.0 Å². The monoisotopic (exact) mass is 393 g/mol. The third kappa shape index (κ3) is 11.7. The molecule has 1 spiro atoms. The molecule has 9 heteroatoms. The SMILES string of the molecule is COC(=O)/C=C/C=C/[C@H]1CC2(CCN1)OCCO2.[C-]#[O+].[C-]#[O+].[C-]#[O+].[Fe]. The van der Waals surface area contributed by atoms with Gasteiger partial charge < -0.3 is 19.5 Å². The van der Waals surface area contributed by atoms with Crippen molar-refractivity contribution in [3.63, 3.8) is 0 Å². The molecule has 2 aliphatic rings. The Labute approximate surface area is 157 Å². The summed E-state index contributed by atoms with van der Waals surface area (Å²) in [6.07, 6.45) is 8.58. The fraction of sp³-hybridized carbons (Fsp3) is 0.500. The summed E-state index contributed by atoms with van der Waals surface area (Å²) in [5, 5.41) is 3.38. The summed E-state index contributed by atoms with van der Waals surface area (Å²) in [5.74, 6) is -0.748. The maximum atomic E-state index is 10.9. The predicted molar refractivity (Wildman–Crippen MR) is 77.7 cm³/mol. The van der Waals surface area contributed by atoms with Crippen molar-refractivity contribution in [3.8, 4) is 0 Å². The third-order valence-electron chi connectivity index (χ3n) is 3.14. The number of esters is 1. The van der Waals surface area contributed by atoms with Gasteiger partial charge in [0.1, 0.15) is 0 Å². The molecule has 1 atom stereocenters. The van der Waals surface area contributed by atoms with E-state index in [1.165, 1.54) is 13.2 Å². The minimum absolute atomic E-state index is 0. The first-order valence-electron chi connectivity index (χ1n) is 6.79. The number of methoxy groups -OCH3 is 1. The van der Waals surface area contributed by atoms with Crippen LogP contribution in [0.3, 0.4) is 0 Å². The van der Waals surface area contributed by atoms with Crippen LogP contribution in [0, 0.1) is 20.0 Å². The Kier molecular flexibility index (Phi) is 21.5. The van der Waals surface area contributed by atoms with Gasteiger partial charge in [0.15, 0.2) is 5.79 Å². The average Bonchev–Trinajstić information content (AvgIpc) is 3.11. The van der Waals surface area contributed by atoms with E-state index in [1.54, 1.807) is 6.08 Å². The third-order valence-corrected chi connectivity index (χ3v) is 3.14. The fourth-order valence-electron chi connectivity index (χ4n) is 2.25. The summed E-state index contributed by atoms with van der Waals surface area (Å²) >= 11 is 0. The van der Waals surface area contributed by atoms with Crippen molar-refractivity contribution in [1.82, 2.24) is 5.32 Å². The van der Waals surface area contributed by atoms with Gasteiger partial charge in [-0.15, -0.1) is 0 Å². The van der Waals surface area contributed by atoms with E-state index in [-0.39, 0.29) is 29.1 Å². The van der Waals surface area contributed by atoms with Crippen LogP contribution >= 0.6 is 0 Å². The fourth-order valence-corrected chi connectivity index (χ4v) is 2.25. The molecule has 1 N–H and O–H groups in total. The van der Waals surface area contributed by atoms with Gasteiger partial charge in [-0.2, -0.15) is 0 Å². The Morgan fingerprint density at radius 2 is 1.72 bits per heavy atom. The van der Waals surface area contributed by atoms with E-state index in [4.69, 9.17) is 23.4 Å². The van der Waals surface area contributed by atoms with Crippen LogP contribution in [-0.4, -0.2) is 44.7 Å². The van der Waals surface area contributed by atoms with Crippen molar-refractivity contribution in [2.75, 3.05) is 26.9 Å². The molecule has 138 valence electrons. The molecule has 0 aliphatic carbocycles. The van der Waals surface area contributed by atoms with E-state index >= 15 is 0 Å². The van der Waals surface area contributed by atoms with Gasteiger partial charge in [-0.1, -0.05) is 18.2 Å². The van der Waals surface area contributed by atoms with Crippen LogP contribution in [-0.2, 0) is 50.0 Å². The molecule has 0 aromatic rings. The smallest absolute Gasteiger partial charge is 0 e. The quantitative estimate of drug-likeness (QED) is 0.189. The van der Waals surface area contributed by atoms with Crippen molar-refractivity contribution in [2.24, 2.45) is 0 Å². The van der Waals surface area contributed by atoms with Gasteiger partial charge in [0.05, 0.1) is 20.3 Å². The zero-order valence-electron chi connectivity index (χ0n) is 13.6. The molecule has 0 unspecified atom stereocenters. The Morgan fingerprint density at radius 1 is 1.16 bits per heavy atom. The van der Waals surface area contributed by atoms with Crippen LogP contribution in [0.15, 0.2) is 24.3 Å². The van der Waals surface area contributed by atoms with E-state index < -0.39 is 5.79 Å². The molecular formula is C16H19FeNO7.